The Morgan fingerprint density at radius 3 is 2.71 bits per heavy atom. The van der Waals surface area contributed by atoms with Crippen LogP contribution in [0.25, 0.3) is 21.3 Å². The second-order valence-electron chi connectivity index (χ2n) is 8.12. The molecule has 4 rings (SSSR count). The summed E-state index contributed by atoms with van der Waals surface area (Å²) in [5.74, 6) is 0.494. The molecule has 0 bridgehead atoms. The van der Waals surface area contributed by atoms with Gasteiger partial charge in [-0.1, -0.05) is 56.8 Å². The third kappa shape index (κ3) is 4.62. The van der Waals surface area contributed by atoms with Crippen molar-refractivity contribution in [3.8, 4) is 17.2 Å². The second-order valence-corrected chi connectivity index (χ2v) is 10.2. The summed E-state index contributed by atoms with van der Waals surface area (Å²) in [6.07, 6.45) is 1.91. The van der Waals surface area contributed by atoms with Crippen LogP contribution in [0.3, 0.4) is 0 Å². The van der Waals surface area contributed by atoms with Gasteiger partial charge in [-0.05, 0) is 23.5 Å². The number of nitrogens with zero attached hydrogens (tertiary/aromatic N) is 4. The van der Waals surface area contributed by atoms with Crippen molar-refractivity contribution in [2.45, 2.75) is 43.5 Å². The van der Waals surface area contributed by atoms with E-state index in [2.05, 4.69) is 46.4 Å². The van der Waals surface area contributed by atoms with Crippen molar-refractivity contribution >= 4 is 45.0 Å². The number of nitrogens with one attached hydrogen (secondary N) is 2. The van der Waals surface area contributed by atoms with E-state index in [1.165, 1.54) is 39.5 Å². The van der Waals surface area contributed by atoms with Crippen LogP contribution in [0.2, 0.25) is 0 Å². The number of amides is 1. The van der Waals surface area contributed by atoms with Gasteiger partial charge in [0.05, 0.1) is 16.8 Å². The van der Waals surface area contributed by atoms with Crippen molar-refractivity contribution in [2.24, 2.45) is 7.05 Å². The van der Waals surface area contributed by atoms with Gasteiger partial charge in [-0.15, -0.1) is 11.3 Å². The molecule has 0 fully saturated rings. The van der Waals surface area contributed by atoms with E-state index in [4.69, 9.17) is 0 Å². The van der Waals surface area contributed by atoms with Gasteiger partial charge in [-0.3, -0.25) is 14.3 Å². The van der Waals surface area contributed by atoms with E-state index in [9.17, 15) is 14.9 Å². The Morgan fingerprint density at radius 1 is 1.32 bits per heavy atom. The maximum absolute atomic E-state index is 13.0. The lowest BCUT2D eigenvalue weighted by molar-refractivity contribution is -0.115. The number of nitriles is 1. The van der Waals surface area contributed by atoms with Crippen LogP contribution in [0, 0.1) is 11.3 Å². The molecule has 0 aliphatic carbocycles. The number of hydrogen-bond donors (Lipinski definition) is 2. The van der Waals surface area contributed by atoms with Crippen LogP contribution in [-0.4, -0.2) is 30.9 Å². The molecular formula is C24H24N6O2S2. The van der Waals surface area contributed by atoms with Crippen molar-refractivity contribution in [3.63, 3.8) is 0 Å². The minimum absolute atomic E-state index is 0.231. The lowest BCUT2D eigenvalue weighted by Gasteiger charge is -2.14. The number of thiophene rings is 1. The van der Waals surface area contributed by atoms with Crippen LogP contribution in [0.15, 0.2) is 45.8 Å². The average molecular weight is 493 g/mol. The van der Waals surface area contributed by atoms with E-state index in [0.717, 1.165) is 11.1 Å². The highest BCUT2D eigenvalue weighted by atomic mass is 32.2. The number of H-pyrrole nitrogens is 1. The quantitative estimate of drug-likeness (QED) is 0.280. The molecular weight excluding hydrogens is 468 g/mol. The van der Waals surface area contributed by atoms with Crippen LogP contribution >= 0.6 is 23.1 Å². The number of carbonyl (C=O) groups is 1. The first-order valence-corrected chi connectivity index (χ1v) is 12.6. The fourth-order valence-electron chi connectivity index (χ4n) is 3.57. The zero-order chi connectivity index (χ0) is 24.4. The Kier molecular flexibility index (Phi) is 6.86. The molecule has 1 atom stereocenters. The number of aromatic amines is 1. The number of fused-ring (bicyclic) bond motifs is 1. The first-order chi connectivity index (χ1) is 16.3. The molecule has 1 aromatic carbocycles. The number of aryl methyl sites for hydroxylation is 1. The highest BCUT2D eigenvalue weighted by Crippen LogP contribution is 2.33. The van der Waals surface area contributed by atoms with Gasteiger partial charge in [0.15, 0.2) is 5.16 Å². The molecule has 0 spiro atoms. The van der Waals surface area contributed by atoms with Crippen LogP contribution in [-0.2, 0) is 11.8 Å². The molecule has 3 heterocycles. The number of anilines is 1. The van der Waals surface area contributed by atoms with Crippen molar-refractivity contribution in [1.82, 2.24) is 19.7 Å². The maximum atomic E-state index is 13.0. The molecule has 3 aromatic heterocycles. The minimum Gasteiger partial charge on any atom is -0.309 e. The Hall–Kier alpha value is -3.42. The van der Waals surface area contributed by atoms with Crippen molar-refractivity contribution in [1.29, 1.82) is 5.26 Å². The summed E-state index contributed by atoms with van der Waals surface area (Å²) in [7, 11) is 1.66. The van der Waals surface area contributed by atoms with E-state index in [-0.39, 0.29) is 17.0 Å². The number of carbonyl (C=O) groups excluding carboxylic acids is 1. The van der Waals surface area contributed by atoms with Gasteiger partial charge in [0.25, 0.3) is 5.56 Å². The number of hydrogen-bond acceptors (Lipinski definition) is 7. The fraction of sp³-hybridized carbons (Fsp3) is 0.292. The molecule has 4 aromatic rings. The monoisotopic (exact) mass is 492 g/mol. The second kappa shape index (κ2) is 9.83. The van der Waals surface area contributed by atoms with Gasteiger partial charge in [0.2, 0.25) is 5.91 Å². The molecule has 10 heteroatoms. The molecule has 34 heavy (non-hydrogen) atoms. The summed E-state index contributed by atoms with van der Waals surface area (Å²) in [6.45, 7) is 6.17. The molecule has 0 aliphatic rings. The number of aromatic nitrogens is 4. The first-order valence-electron chi connectivity index (χ1n) is 10.8. The predicted molar refractivity (Wildman–Crippen MR) is 136 cm³/mol. The number of rotatable bonds is 7. The standard InChI is InChI=1S/C24H24N6O2S2/c1-5-18(21(31)27-20-16(10-25)11-26-30(20)4)34-24-28-22(32)19-17(12-33-23(19)29-24)15-8-6-14(7-9-15)13(2)3/h6-9,11-13,18H,5H2,1-4H3,(H,27,31)(H,28,29,32). The predicted octanol–water partition coefficient (Wildman–Crippen LogP) is 4.89. The Balaban J connectivity index is 1.59. The summed E-state index contributed by atoms with van der Waals surface area (Å²) in [5.41, 5.74) is 3.12. The zero-order valence-electron chi connectivity index (χ0n) is 19.2. The molecule has 0 saturated carbocycles. The van der Waals surface area contributed by atoms with E-state index in [1.54, 1.807) is 7.05 Å². The summed E-state index contributed by atoms with van der Waals surface area (Å²) >= 11 is 2.60. The van der Waals surface area contributed by atoms with E-state index in [1.807, 2.05) is 30.5 Å². The molecule has 174 valence electrons. The minimum atomic E-state index is -0.509. The van der Waals surface area contributed by atoms with E-state index in [0.29, 0.717) is 33.5 Å². The van der Waals surface area contributed by atoms with Gasteiger partial charge >= 0.3 is 0 Å². The zero-order valence-corrected chi connectivity index (χ0v) is 20.9. The molecule has 8 nitrogen and oxygen atoms in total. The Morgan fingerprint density at radius 2 is 2.06 bits per heavy atom. The fourth-order valence-corrected chi connectivity index (χ4v) is 5.47. The van der Waals surface area contributed by atoms with Gasteiger partial charge in [0, 0.05) is 18.0 Å². The summed E-state index contributed by atoms with van der Waals surface area (Å²) in [5, 5.41) is 18.4. The lowest BCUT2D eigenvalue weighted by atomic mass is 9.99. The van der Waals surface area contributed by atoms with Crippen LogP contribution in [0.1, 0.15) is 44.2 Å². The van der Waals surface area contributed by atoms with Crippen molar-refractivity contribution < 1.29 is 4.79 Å². The van der Waals surface area contributed by atoms with E-state index >= 15 is 0 Å². The van der Waals surface area contributed by atoms with Gasteiger partial charge < -0.3 is 10.3 Å². The number of thioether (sulfide) groups is 1. The van der Waals surface area contributed by atoms with Gasteiger partial charge in [-0.2, -0.15) is 10.4 Å². The smallest absolute Gasteiger partial charge is 0.260 e. The largest absolute Gasteiger partial charge is 0.309 e. The average Bonchev–Trinajstić information content (AvgIpc) is 3.41. The third-order valence-electron chi connectivity index (χ3n) is 5.53. The maximum Gasteiger partial charge on any atom is 0.260 e. The highest BCUT2D eigenvalue weighted by molar-refractivity contribution is 8.00. The third-order valence-corrected chi connectivity index (χ3v) is 7.65. The molecule has 1 amide bonds. The Bertz CT molecular complexity index is 1440. The Labute approximate surface area is 205 Å². The molecule has 0 aliphatic heterocycles. The highest BCUT2D eigenvalue weighted by Gasteiger charge is 2.23. The van der Waals surface area contributed by atoms with Gasteiger partial charge in [-0.25, -0.2) is 4.98 Å². The van der Waals surface area contributed by atoms with Gasteiger partial charge in [0.1, 0.15) is 22.3 Å². The van der Waals surface area contributed by atoms with Crippen molar-refractivity contribution in [3.05, 3.63) is 57.3 Å². The van der Waals surface area contributed by atoms with Crippen LogP contribution < -0.4 is 10.9 Å². The molecule has 0 radical (unpaired) electrons. The molecule has 2 N–H and O–H groups in total. The SMILES string of the molecule is CCC(Sc1nc2scc(-c3ccc(C(C)C)cc3)c2c(=O)[nH]1)C(=O)Nc1c(C#N)cnn1C. The summed E-state index contributed by atoms with van der Waals surface area (Å²) in [6, 6.07) is 10.2. The number of benzene rings is 1. The molecule has 1 unspecified atom stereocenters. The topological polar surface area (TPSA) is 116 Å². The van der Waals surface area contributed by atoms with E-state index < -0.39 is 5.25 Å². The van der Waals surface area contributed by atoms with Crippen molar-refractivity contribution in [2.75, 3.05) is 5.32 Å². The lowest BCUT2D eigenvalue weighted by Crippen LogP contribution is -2.26. The van der Waals surface area contributed by atoms with Crippen LogP contribution in [0.5, 0.6) is 0 Å². The normalized spacial score (nSPS) is 12.1. The summed E-state index contributed by atoms with van der Waals surface area (Å²) in [4.78, 5) is 34.0. The summed E-state index contributed by atoms with van der Waals surface area (Å²) < 4.78 is 1.45. The first kappa shape index (κ1) is 23.7. The molecule has 0 saturated heterocycles. The van der Waals surface area contributed by atoms with Crippen LogP contribution in [0.4, 0.5) is 5.82 Å².